The zero-order valence-corrected chi connectivity index (χ0v) is 15.8. The molecular weight excluding hydrogens is 348 g/mol. The summed E-state index contributed by atoms with van der Waals surface area (Å²) in [5, 5.41) is 2.92. The molecule has 0 atom stereocenters. The maximum atomic E-state index is 12.6. The summed E-state index contributed by atoms with van der Waals surface area (Å²) in [5.41, 5.74) is 5.74. The van der Waals surface area contributed by atoms with Gasteiger partial charge in [-0.1, -0.05) is 48.0 Å². The molecule has 2 amide bonds. The molecule has 138 valence electrons. The van der Waals surface area contributed by atoms with Gasteiger partial charge < -0.3 is 10.2 Å². The molecule has 1 heterocycles. The van der Waals surface area contributed by atoms with Crippen LogP contribution in [0.5, 0.6) is 0 Å². The van der Waals surface area contributed by atoms with Crippen LogP contribution in [0.15, 0.2) is 72.8 Å². The summed E-state index contributed by atoms with van der Waals surface area (Å²) in [5.74, 6) is -0.192. The number of benzene rings is 3. The second-order valence-electron chi connectivity index (χ2n) is 6.88. The topological polar surface area (TPSA) is 49.4 Å². The highest BCUT2D eigenvalue weighted by Gasteiger charge is 2.28. The van der Waals surface area contributed by atoms with Gasteiger partial charge in [-0.15, -0.1) is 0 Å². The minimum Gasteiger partial charge on any atom is -0.322 e. The molecule has 4 rings (SSSR count). The van der Waals surface area contributed by atoms with Crippen LogP contribution in [0.25, 0.3) is 11.6 Å². The first-order valence-electron chi connectivity index (χ1n) is 9.10. The SMILES string of the molecule is Cc1ccc(C(=O)Nc2cccc(/C=C3\C(=O)N(C)c4ccccc43)c2)cc1. The maximum absolute atomic E-state index is 12.6. The predicted molar refractivity (Wildman–Crippen MR) is 113 cm³/mol. The van der Waals surface area contributed by atoms with Crippen molar-refractivity contribution in [1.29, 1.82) is 0 Å². The Bertz CT molecular complexity index is 1100. The molecule has 0 fully saturated rings. The van der Waals surface area contributed by atoms with Crippen molar-refractivity contribution in [2.24, 2.45) is 0 Å². The minimum absolute atomic E-state index is 0.0321. The standard InChI is InChI=1S/C24H20N2O2/c1-16-10-12-18(13-11-16)23(27)25-19-7-5-6-17(14-19)15-21-20-8-3-4-9-22(20)26(2)24(21)28/h3-15H,1-2H3,(H,25,27)/b21-15-. The largest absolute Gasteiger partial charge is 0.322 e. The van der Waals surface area contributed by atoms with Gasteiger partial charge in [-0.2, -0.15) is 0 Å². The number of hydrogen-bond donors (Lipinski definition) is 1. The van der Waals surface area contributed by atoms with Crippen molar-refractivity contribution < 1.29 is 9.59 Å². The Balaban J connectivity index is 1.61. The lowest BCUT2D eigenvalue weighted by molar-refractivity contribution is -0.112. The zero-order chi connectivity index (χ0) is 19.7. The summed E-state index contributed by atoms with van der Waals surface area (Å²) >= 11 is 0. The van der Waals surface area contributed by atoms with Crippen molar-refractivity contribution in [1.82, 2.24) is 0 Å². The maximum Gasteiger partial charge on any atom is 0.258 e. The van der Waals surface area contributed by atoms with Crippen molar-refractivity contribution >= 4 is 34.8 Å². The van der Waals surface area contributed by atoms with Gasteiger partial charge in [-0.25, -0.2) is 0 Å². The van der Waals surface area contributed by atoms with Gasteiger partial charge >= 0.3 is 0 Å². The van der Waals surface area contributed by atoms with Crippen LogP contribution in [0.2, 0.25) is 0 Å². The average Bonchev–Trinajstić information content (AvgIpc) is 2.94. The van der Waals surface area contributed by atoms with E-state index in [1.807, 2.05) is 73.7 Å². The second-order valence-corrected chi connectivity index (χ2v) is 6.88. The molecule has 0 aliphatic carbocycles. The number of nitrogens with zero attached hydrogens (tertiary/aromatic N) is 1. The molecule has 4 nitrogen and oxygen atoms in total. The first kappa shape index (κ1) is 17.7. The molecule has 0 spiro atoms. The minimum atomic E-state index is -0.160. The quantitative estimate of drug-likeness (QED) is 0.678. The molecular formula is C24H20N2O2. The molecule has 0 bridgehead atoms. The number of fused-ring (bicyclic) bond motifs is 1. The van der Waals surface area contributed by atoms with Crippen molar-refractivity contribution in [3.63, 3.8) is 0 Å². The van der Waals surface area contributed by atoms with E-state index >= 15 is 0 Å². The molecule has 0 saturated carbocycles. The Morgan fingerprint density at radius 3 is 2.50 bits per heavy atom. The highest BCUT2D eigenvalue weighted by Crippen LogP contribution is 2.36. The van der Waals surface area contributed by atoms with E-state index in [4.69, 9.17) is 0 Å². The van der Waals surface area contributed by atoms with Crippen LogP contribution in [0.1, 0.15) is 27.0 Å². The Morgan fingerprint density at radius 1 is 0.964 bits per heavy atom. The lowest BCUT2D eigenvalue weighted by Crippen LogP contribution is -2.20. The number of carbonyl (C=O) groups excluding carboxylic acids is 2. The normalized spacial score (nSPS) is 14.3. The molecule has 0 radical (unpaired) electrons. The van der Waals surface area contributed by atoms with Crippen LogP contribution in [0, 0.1) is 6.92 Å². The Hall–Kier alpha value is -3.66. The third-order valence-corrected chi connectivity index (χ3v) is 4.86. The van der Waals surface area contributed by atoms with Crippen molar-refractivity contribution in [2.75, 3.05) is 17.3 Å². The van der Waals surface area contributed by atoms with Gasteiger partial charge in [0.1, 0.15) is 0 Å². The number of para-hydroxylation sites is 1. The number of aryl methyl sites for hydroxylation is 1. The number of hydrogen-bond acceptors (Lipinski definition) is 2. The van der Waals surface area contributed by atoms with Crippen LogP contribution >= 0.6 is 0 Å². The summed E-state index contributed by atoms with van der Waals surface area (Å²) in [6.07, 6.45) is 1.87. The highest BCUT2D eigenvalue weighted by molar-refractivity contribution is 6.35. The van der Waals surface area contributed by atoms with E-state index < -0.39 is 0 Å². The first-order chi connectivity index (χ1) is 13.5. The average molecular weight is 368 g/mol. The van der Waals surface area contributed by atoms with E-state index in [9.17, 15) is 9.59 Å². The summed E-state index contributed by atoms with van der Waals surface area (Å²) in [7, 11) is 1.78. The molecule has 1 aliphatic rings. The number of anilines is 2. The highest BCUT2D eigenvalue weighted by atomic mass is 16.2. The first-order valence-corrected chi connectivity index (χ1v) is 9.10. The van der Waals surface area contributed by atoms with Crippen molar-refractivity contribution in [2.45, 2.75) is 6.92 Å². The van der Waals surface area contributed by atoms with E-state index in [2.05, 4.69) is 5.32 Å². The van der Waals surface area contributed by atoms with Gasteiger partial charge in [-0.05, 0) is 48.9 Å². The Labute approximate surface area is 164 Å². The monoisotopic (exact) mass is 368 g/mol. The van der Waals surface area contributed by atoms with E-state index in [0.717, 1.165) is 22.4 Å². The van der Waals surface area contributed by atoms with Crippen molar-refractivity contribution in [3.05, 3.63) is 95.1 Å². The lowest BCUT2D eigenvalue weighted by atomic mass is 10.0. The number of amides is 2. The van der Waals surface area contributed by atoms with Gasteiger partial charge in [0.05, 0.1) is 5.69 Å². The fourth-order valence-electron chi connectivity index (χ4n) is 3.32. The second kappa shape index (κ2) is 7.16. The predicted octanol–water partition coefficient (Wildman–Crippen LogP) is 4.76. The summed E-state index contributed by atoms with van der Waals surface area (Å²) in [6.45, 7) is 1.98. The van der Waals surface area contributed by atoms with Gasteiger partial charge in [0.25, 0.3) is 11.8 Å². The third kappa shape index (κ3) is 3.32. The van der Waals surface area contributed by atoms with Crippen LogP contribution in [-0.4, -0.2) is 18.9 Å². The van der Waals surface area contributed by atoms with Gasteiger partial charge in [-0.3, -0.25) is 9.59 Å². The number of rotatable bonds is 3. The van der Waals surface area contributed by atoms with Crippen LogP contribution in [-0.2, 0) is 4.79 Å². The smallest absolute Gasteiger partial charge is 0.258 e. The van der Waals surface area contributed by atoms with Crippen molar-refractivity contribution in [3.8, 4) is 0 Å². The number of nitrogens with one attached hydrogen (secondary N) is 1. The number of likely N-dealkylation sites (N-methyl/N-ethyl adjacent to an activating group) is 1. The lowest BCUT2D eigenvalue weighted by Gasteiger charge is -2.08. The fourth-order valence-corrected chi connectivity index (χ4v) is 3.32. The number of carbonyl (C=O) groups is 2. The molecule has 4 heteroatoms. The van der Waals surface area contributed by atoms with E-state index in [0.29, 0.717) is 16.8 Å². The summed E-state index contributed by atoms with van der Waals surface area (Å²) in [4.78, 5) is 26.7. The molecule has 28 heavy (non-hydrogen) atoms. The third-order valence-electron chi connectivity index (χ3n) is 4.86. The molecule has 1 N–H and O–H groups in total. The van der Waals surface area contributed by atoms with E-state index in [1.165, 1.54) is 0 Å². The van der Waals surface area contributed by atoms with Crippen LogP contribution in [0.4, 0.5) is 11.4 Å². The fraction of sp³-hybridized carbons (Fsp3) is 0.0833. The van der Waals surface area contributed by atoms with Gasteiger partial charge in [0.2, 0.25) is 0 Å². The van der Waals surface area contributed by atoms with Crippen LogP contribution < -0.4 is 10.2 Å². The summed E-state index contributed by atoms with van der Waals surface area (Å²) < 4.78 is 0. The molecule has 3 aromatic rings. The molecule has 1 aliphatic heterocycles. The molecule has 0 unspecified atom stereocenters. The van der Waals surface area contributed by atoms with Gasteiger partial charge in [0, 0.05) is 29.4 Å². The molecule has 0 saturated heterocycles. The molecule has 0 aromatic heterocycles. The Morgan fingerprint density at radius 2 is 1.71 bits per heavy atom. The molecule has 3 aromatic carbocycles. The van der Waals surface area contributed by atoms with E-state index in [-0.39, 0.29) is 11.8 Å². The zero-order valence-electron chi connectivity index (χ0n) is 15.8. The van der Waals surface area contributed by atoms with Crippen LogP contribution in [0.3, 0.4) is 0 Å². The van der Waals surface area contributed by atoms with Gasteiger partial charge in [0.15, 0.2) is 0 Å². The van der Waals surface area contributed by atoms with E-state index in [1.54, 1.807) is 24.1 Å². The Kier molecular flexibility index (Phi) is 4.53. The summed E-state index contributed by atoms with van der Waals surface area (Å²) in [6, 6.07) is 22.7.